The number of rotatable bonds is 4. The zero-order chi connectivity index (χ0) is 19.8. The summed E-state index contributed by atoms with van der Waals surface area (Å²) in [5.41, 5.74) is -0.249. The maximum Gasteiger partial charge on any atom is 0.434 e. The average Bonchev–Trinajstić information content (AvgIpc) is 3.31. The van der Waals surface area contributed by atoms with Crippen LogP contribution in [0.25, 0.3) is 5.70 Å². The lowest BCUT2D eigenvalue weighted by Gasteiger charge is -2.41. The van der Waals surface area contributed by atoms with Crippen LogP contribution in [0, 0.1) is 0 Å². The second kappa shape index (κ2) is 6.96. The minimum atomic E-state index is -4.49. The van der Waals surface area contributed by atoms with E-state index >= 15 is 0 Å². The van der Waals surface area contributed by atoms with Gasteiger partial charge >= 0.3 is 6.18 Å². The lowest BCUT2D eigenvalue weighted by atomic mass is 9.93. The zero-order valence-electron chi connectivity index (χ0n) is 15.4. The molecule has 1 saturated carbocycles. The van der Waals surface area contributed by atoms with Gasteiger partial charge in [-0.15, -0.1) is 0 Å². The van der Waals surface area contributed by atoms with Crippen molar-refractivity contribution in [2.75, 3.05) is 11.9 Å². The third-order valence-corrected chi connectivity index (χ3v) is 5.37. The van der Waals surface area contributed by atoms with E-state index in [0.717, 1.165) is 37.4 Å². The largest absolute Gasteiger partial charge is 0.434 e. The predicted molar refractivity (Wildman–Crippen MR) is 99.0 cm³/mol. The van der Waals surface area contributed by atoms with Gasteiger partial charge in [-0.3, -0.25) is 0 Å². The molecule has 0 bridgehead atoms. The molecule has 0 radical (unpaired) electrons. The predicted octanol–water partition coefficient (Wildman–Crippen LogP) is 3.79. The molecule has 2 aliphatic rings. The summed E-state index contributed by atoms with van der Waals surface area (Å²) in [6.45, 7) is 2.79. The Morgan fingerprint density at radius 1 is 1.25 bits per heavy atom. The van der Waals surface area contributed by atoms with E-state index in [1.165, 1.54) is 0 Å². The maximum absolute atomic E-state index is 12.7. The summed E-state index contributed by atoms with van der Waals surface area (Å²) < 4.78 is 40.0. The van der Waals surface area contributed by atoms with Crippen molar-refractivity contribution in [3.8, 4) is 0 Å². The first-order valence-electron chi connectivity index (χ1n) is 9.16. The molecule has 1 N–H and O–H groups in total. The van der Waals surface area contributed by atoms with Crippen molar-refractivity contribution in [3.63, 3.8) is 0 Å². The SMILES string of the molecule is C[C@]1(Nc2cnc(C(F)(F)F)cn2)CCC[C@@H]1N1C=CC=C(n2cccn2)C1. The molecule has 6 nitrogen and oxygen atoms in total. The highest BCUT2D eigenvalue weighted by molar-refractivity contribution is 5.51. The Balaban J connectivity index is 1.49. The van der Waals surface area contributed by atoms with E-state index < -0.39 is 11.9 Å². The lowest BCUT2D eigenvalue weighted by Crippen LogP contribution is -2.51. The minimum Gasteiger partial charge on any atom is -0.366 e. The van der Waals surface area contributed by atoms with Crippen LogP contribution in [-0.4, -0.2) is 42.8 Å². The fourth-order valence-electron chi connectivity index (χ4n) is 4.02. The Kier molecular flexibility index (Phi) is 4.60. The smallest absolute Gasteiger partial charge is 0.366 e. The zero-order valence-corrected chi connectivity index (χ0v) is 15.4. The molecule has 0 unspecified atom stereocenters. The molecule has 28 heavy (non-hydrogen) atoms. The van der Waals surface area contributed by atoms with Gasteiger partial charge in [0, 0.05) is 12.4 Å². The molecule has 1 fully saturated rings. The summed E-state index contributed by atoms with van der Waals surface area (Å²) >= 11 is 0. The number of hydrogen-bond donors (Lipinski definition) is 1. The third-order valence-electron chi connectivity index (χ3n) is 5.37. The van der Waals surface area contributed by atoms with Gasteiger partial charge in [-0.25, -0.2) is 14.6 Å². The summed E-state index contributed by atoms with van der Waals surface area (Å²) in [6, 6.07) is 2.06. The van der Waals surface area contributed by atoms with E-state index in [2.05, 4.69) is 38.4 Å². The average molecular weight is 390 g/mol. The number of nitrogens with zero attached hydrogens (tertiary/aromatic N) is 5. The van der Waals surface area contributed by atoms with Gasteiger partial charge in [0.05, 0.1) is 36.2 Å². The molecule has 2 aromatic heterocycles. The van der Waals surface area contributed by atoms with Gasteiger partial charge in [-0.05, 0) is 50.6 Å². The summed E-state index contributed by atoms with van der Waals surface area (Å²) in [4.78, 5) is 9.70. The van der Waals surface area contributed by atoms with Gasteiger partial charge in [0.15, 0.2) is 5.69 Å². The lowest BCUT2D eigenvalue weighted by molar-refractivity contribution is -0.141. The molecule has 0 saturated heterocycles. The van der Waals surface area contributed by atoms with E-state index in [0.29, 0.717) is 12.4 Å². The van der Waals surface area contributed by atoms with Crippen molar-refractivity contribution in [1.82, 2.24) is 24.6 Å². The van der Waals surface area contributed by atoms with Crippen molar-refractivity contribution in [1.29, 1.82) is 0 Å². The monoisotopic (exact) mass is 390 g/mol. The van der Waals surface area contributed by atoms with Crippen LogP contribution in [0.2, 0.25) is 0 Å². The molecule has 3 heterocycles. The van der Waals surface area contributed by atoms with Crippen LogP contribution in [0.4, 0.5) is 19.0 Å². The van der Waals surface area contributed by atoms with E-state index in [1.807, 2.05) is 29.1 Å². The van der Waals surface area contributed by atoms with Crippen molar-refractivity contribution in [2.24, 2.45) is 0 Å². The molecule has 2 atom stereocenters. The highest BCUT2D eigenvalue weighted by atomic mass is 19.4. The van der Waals surface area contributed by atoms with Crippen LogP contribution >= 0.6 is 0 Å². The fraction of sp³-hybridized carbons (Fsp3) is 0.421. The summed E-state index contributed by atoms with van der Waals surface area (Å²) in [5.74, 6) is 0.353. The van der Waals surface area contributed by atoms with Gasteiger partial charge in [-0.2, -0.15) is 18.3 Å². The molecule has 0 spiro atoms. The molecule has 1 aliphatic carbocycles. The molecule has 4 rings (SSSR count). The van der Waals surface area contributed by atoms with E-state index in [9.17, 15) is 13.2 Å². The van der Waals surface area contributed by atoms with Crippen LogP contribution in [0.5, 0.6) is 0 Å². The first kappa shape index (κ1) is 18.5. The van der Waals surface area contributed by atoms with Crippen molar-refractivity contribution in [2.45, 2.75) is 43.9 Å². The van der Waals surface area contributed by atoms with E-state index in [1.54, 1.807) is 6.20 Å². The molecule has 1 aliphatic heterocycles. The van der Waals surface area contributed by atoms with Crippen molar-refractivity contribution in [3.05, 3.63) is 54.9 Å². The van der Waals surface area contributed by atoms with Crippen LogP contribution in [-0.2, 0) is 6.18 Å². The number of aromatic nitrogens is 4. The second-order valence-corrected chi connectivity index (χ2v) is 7.36. The first-order valence-corrected chi connectivity index (χ1v) is 9.16. The first-order chi connectivity index (χ1) is 13.4. The van der Waals surface area contributed by atoms with Gasteiger partial charge < -0.3 is 10.2 Å². The minimum absolute atomic E-state index is 0.173. The molecule has 2 aromatic rings. The summed E-state index contributed by atoms with van der Waals surface area (Å²) in [6.07, 6.45) is 10.1. The normalized spacial score (nSPS) is 25.1. The number of nitrogens with one attached hydrogen (secondary N) is 1. The summed E-state index contributed by atoms with van der Waals surface area (Å²) in [7, 11) is 0. The highest BCUT2D eigenvalue weighted by Gasteiger charge is 2.42. The van der Waals surface area contributed by atoms with E-state index in [4.69, 9.17) is 0 Å². The molecule has 148 valence electrons. The molecule has 0 aromatic carbocycles. The standard InChI is InChI=1S/C19H21F3N6/c1-18(26-17-12-23-15(11-24-17)19(20,21)22)7-2-6-16(18)27-9-3-5-14(13-27)28-10-4-8-25-28/h3-5,8-12,16H,2,6-7,13H2,1H3,(H,24,26)/t16-,18-/m0/s1. The van der Waals surface area contributed by atoms with Gasteiger partial charge in [0.25, 0.3) is 0 Å². The molecular weight excluding hydrogens is 369 g/mol. The van der Waals surface area contributed by atoms with Crippen LogP contribution in [0.1, 0.15) is 31.9 Å². The molecule has 0 amide bonds. The molecule has 9 heteroatoms. The topological polar surface area (TPSA) is 58.9 Å². The van der Waals surface area contributed by atoms with Crippen molar-refractivity contribution < 1.29 is 13.2 Å². The number of anilines is 1. The van der Waals surface area contributed by atoms with Gasteiger partial charge in [0.2, 0.25) is 0 Å². The van der Waals surface area contributed by atoms with Crippen LogP contribution in [0.15, 0.2) is 49.2 Å². The number of allylic oxidation sites excluding steroid dienone is 2. The Labute approximate surface area is 160 Å². The second-order valence-electron chi connectivity index (χ2n) is 7.36. The van der Waals surface area contributed by atoms with Crippen molar-refractivity contribution >= 4 is 11.5 Å². The Bertz CT molecular complexity index is 872. The fourth-order valence-corrected chi connectivity index (χ4v) is 4.02. The highest BCUT2D eigenvalue weighted by Crippen LogP contribution is 2.37. The number of halogens is 3. The molecular formula is C19H21F3N6. The Morgan fingerprint density at radius 2 is 2.11 bits per heavy atom. The van der Waals surface area contributed by atoms with Crippen LogP contribution in [0.3, 0.4) is 0 Å². The van der Waals surface area contributed by atoms with Gasteiger partial charge in [0.1, 0.15) is 5.82 Å². The Morgan fingerprint density at radius 3 is 2.79 bits per heavy atom. The van der Waals surface area contributed by atoms with Crippen LogP contribution < -0.4 is 5.32 Å². The maximum atomic E-state index is 12.7. The van der Waals surface area contributed by atoms with E-state index in [-0.39, 0.29) is 11.6 Å². The Hall–Kier alpha value is -2.84. The van der Waals surface area contributed by atoms with Gasteiger partial charge in [-0.1, -0.05) is 0 Å². The number of hydrogen-bond acceptors (Lipinski definition) is 5. The third kappa shape index (κ3) is 3.61. The summed E-state index contributed by atoms with van der Waals surface area (Å²) in [5, 5.41) is 7.63. The quantitative estimate of drug-likeness (QED) is 0.861. The number of alkyl halides is 3.